The summed E-state index contributed by atoms with van der Waals surface area (Å²) in [5.41, 5.74) is 2.23. The number of nitrogens with zero attached hydrogens (tertiary/aromatic N) is 1. The van der Waals surface area contributed by atoms with E-state index in [-0.39, 0.29) is 10.7 Å². The first kappa shape index (κ1) is 20.0. The van der Waals surface area contributed by atoms with Gasteiger partial charge in [0.15, 0.2) is 5.11 Å². The van der Waals surface area contributed by atoms with E-state index < -0.39 is 11.8 Å². The highest BCUT2D eigenvalue weighted by Gasteiger charge is 2.35. The summed E-state index contributed by atoms with van der Waals surface area (Å²) >= 11 is 10.8. The molecule has 0 aromatic heterocycles. The molecule has 5 nitrogen and oxygen atoms in total. The molecule has 0 saturated carbocycles. The van der Waals surface area contributed by atoms with Crippen LogP contribution in [0, 0.1) is 10.5 Å². The molecule has 3 rings (SSSR count). The Morgan fingerprint density at radius 2 is 1.96 bits per heavy atom. The number of thiocarbonyl (C=S) groups is 1. The summed E-state index contributed by atoms with van der Waals surface area (Å²) in [6.45, 7) is 1.88. The van der Waals surface area contributed by atoms with E-state index in [1.807, 2.05) is 25.1 Å². The third-order valence-corrected chi connectivity index (χ3v) is 5.61. The molecule has 1 heterocycles. The van der Waals surface area contributed by atoms with Gasteiger partial charge in [0.25, 0.3) is 11.8 Å². The van der Waals surface area contributed by atoms with Gasteiger partial charge in [0, 0.05) is 4.47 Å². The van der Waals surface area contributed by atoms with E-state index in [4.69, 9.17) is 17.0 Å². The molecule has 1 aliphatic heterocycles. The van der Waals surface area contributed by atoms with Crippen LogP contribution in [0.2, 0.25) is 0 Å². The quantitative estimate of drug-likeness (QED) is 0.266. The lowest BCUT2D eigenvalue weighted by molar-refractivity contribution is -0.122. The number of hydrogen-bond donors (Lipinski definition) is 1. The Labute approximate surface area is 184 Å². The first-order chi connectivity index (χ1) is 12.8. The lowest BCUT2D eigenvalue weighted by atomic mass is 10.1. The highest BCUT2D eigenvalue weighted by atomic mass is 127. The number of benzene rings is 2. The predicted molar refractivity (Wildman–Crippen MR) is 121 cm³/mol. The van der Waals surface area contributed by atoms with Crippen molar-refractivity contribution in [3.8, 4) is 5.75 Å². The van der Waals surface area contributed by atoms with Gasteiger partial charge in [-0.3, -0.25) is 19.8 Å². The number of carbonyl (C=O) groups is 2. The molecular weight excluding hydrogens is 543 g/mol. The Morgan fingerprint density at radius 1 is 1.22 bits per heavy atom. The molecule has 138 valence electrons. The maximum absolute atomic E-state index is 13.1. The average molecular weight is 557 g/mol. The summed E-state index contributed by atoms with van der Waals surface area (Å²) in [6.07, 6.45) is 1.56. The number of methoxy groups -OCH3 is 1. The van der Waals surface area contributed by atoms with Gasteiger partial charge in [0.1, 0.15) is 11.3 Å². The van der Waals surface area contributed by atoms with Gasteiger partial charge in [-0.2, -0.15) is 0 Å². The first-order valence-corrected chi connectivity index (χ1v) is 10.1. The van der Waals surface area contributed by atoms with E-state index in [1.165, 1.54) is 4.90 Å². The molecule has 1 N–H and O–H groups in total. The van der Waals surface area contributed by atoms with Crippen molar-refractivity contribution in [1.29, 1.82) is 0 Å². The average Bonchev–Trinajstić information content (AvgIpc) is 2.60. The number of anilines is 1. The van der Waals surface area contributed by atoms with Crippen LogP contribution < -0.4 is 15.0 Å². The summed E-state index contributed by atoms with van der Waals surface area (Å²) in [6, 6.07) is 10.9. The highest BCUT2D eigenvalue weighted by Crippen LogP contribution is 2.28. The predicted octanol–water partition coefficient (Wildman–Crippen LogP) is 4.20. The fourth-order valence-electron chi connectivity index (χ4n) is 2.69. The summed E-state index contributed by atoms with van der Waals surface area (Å²) < 4.78 is 7.01. The SMILES string of the molecule is COc1ccc(/C=C2\C(=O)NC(=S)N(c3ccc(Br)cc3C)C2=O)cc1I. The Balaban J connectivity index is 2.03. The van der Waals surface area contributed by atoms with E-state index in [2.05, 4.69) is 43.8 Å². The molecule has 2 amide bonds. The molecule has 0 atom stereocenters. The van der Waals surface area contributed by atoms with Crippen molar-refractivity contribution in [2.24, 2.45) is 0 Å². The number of nitrogens with one attached hydrogen (secondary N) is 1. The molecule has 1 saturated heterocycles. The third kappa shape index (κ3) is 4.07. The van der Waals surface area contributed by atoms with Crippen molar-refractivity contribution in [2.75, 3.05) is 12.0 Å². The van der Waals surface area contributed by atoms with Gasteiger partial charge in [-0.05, 0) is 89.3 Å². The maximum atomic E-state index is 13.1. The van der Waals surface area contributed by atoms with Gasteiger partial charge >= 0.3 is 0 Å². The lowest BCUT2D eigenvalue weighted by Crippen LogP contribution is -2.54. The fourth-order valence-corrected chi connectivity index (χ4v) is 4.19. The number of ether oxygens (including phenoxy) is 1. The van der Waals surface area contributed by atoms with Gasteiger partial charge < -0.3 is 4.74 Å². The van der Waals surface area contributed by atoms with E-state index in [9.17, 15) is 9.59 Å². The van der Waals surface area contributed by atoms with Crippen LogP contribution in [0.3, 0.4) is 0 Å². The molecule has 0 unspecified atom stereocenters. The molecule has 2 aromatic rings. The van der Waals surface area contributed by atoms with Gasteiger partial charge in [-0.25, -0.2) is 0 Å². The first-order valence-electron chi connectivity index (χ1n) is 7.83. The minimum Gasteiger partial charge on any atom is -0.496 e. The number of aryl methyl sites for hydroxylation is 1. The Kier molecular flexibility index (Phi) is 5.97. The number of rotatable bonds is 3. The van der Waals surface area contributed by atoms with Crippen molar-refractivity contribution in [3.05, 3.63) is 61.1 Å². The zero-order valence-corrected chi connectivity index (χ0v) is 18.9. The van der Waals surface area contributed by atoms with Crippen molar-refractivity contribution in [3.63, 3.8) is 0 Å². The summed E-state index contributed by atoms with van der Waals surface area (Å²) in [5.74, 6) is -0.243. The smallest absolute Gasteiger partial charge is 0.270 e. The second-order valence-corrected chi connectivity index (χ2v) is 8.25. The summed E-state index contributed by atoms with van der Waals surface area (Å²) in [7, 11) is 1.59. The molecule has 27 heavy (non-hydrogen) atoms. The molecule has 8 heteroatoms. The van der Waals surface area contributed by atoms with Gasteiger partial charge in [-0.1, -0.05) is 22.0 Å². The van der Waals surface area contributed by atoms with Crippen molar-refractivity contribution >= 4 is 79.4 Å². The Bertz CT molecular complexity index is 1010. The highest BCUT2D eigenvalue weighted by molar-refractivity contribution is 14.1. The third-order valence-electron chi connectivity index (χ3n) is 3.99. The minimum absolute atomic E-state index is 0.0203. The van der Waals surface area contributed by atoms with Crippen LogP contribution in [-0.2, 0) is 9.59 Å². The second-order valence-electron chi connectivity index (χ2n) is 5.78. The molecular formula is C19H14BrIN2O3S. The van der Waals surface area contributed by atoms with E-state index in [0.717, 1.165) is 24.9 Å². The minimum atomic E-state index is -0.512. The molecule has 0 bridgehead atoms. The number of hydrogen-bond acceptors (Lipinski definition) is 4. The van der Waals surface area contributed by atoms with E-state index in [0.29, 0.717) is 5.69 Å². The van der Waals surface area contributed by atoms with Gasteiger partial charge in [-0.15, -0.1) is 0 Å². The largest absolute Gasteiger partial charge is 0.496 e. The molecule has 2 aromatic carbocycles. The van der Waals surface area contributed by atoms with Gasteiger partial charge in [0.2, 0.25) is 0 Å². The summed E-state index contributed by atoms with van der Waals surface area (Å²) in [4.78, 5) is 26.8. The van der Waals surface area contributed by atoms with Crippen molar-refractivity contribution in [2.45, 2.75) is 6.92 Å². The van der Waals surface area contributed by atoms with Crippen molar-refractivity contribution < 1.29 is 14.3 Å². The fraction of sp³-hybridized carbons (Fsp3) is 0.105. The molecule has 1 aliphatic rings. The lowest BCUT2D eigenvalue weighted by Gasteiger charge is -2.30. The van der Waals surface area contributed by atoms with E-state index >= 15 is 0 Å². The zero-order chi connectivity index (χ0) is 19.7. The Hall–Kier alpha value is -1.78. The van der Waals surface area contributed by atoms with Crippen LogP contribution in [0.25, 0.3) is 6.08 Å². The Morgan fingerprint density at radius 3 is 2.59 bits per heavy atom. The summed E-state index contributed by atoms with van der Waals surface area (Å²) in [5, 5.41) is 2.67. The van der Waals surface area contributed by atoms with Crippen LogP contribution in [0.15, 0.2) is 46.4 Å². The second kappa shape index (κ2) is 8.07. The van der Waals surface area contributed by atoms with Crippen LogP contribution in [-0.4, -0.2) is 24.0 Å². The van der Waals surface area contributed by atoms with Crippen LogP contribution in [0.1, 0.15) is 11.1 Å². The normalized spacial score (nSPS) is 15.9. The van der Waals surface area contributed by atoms with Gasteiger partial charge in [0.05, 0.1) is 16.4 Å². The molecule has 0 spiro atoms. The maximum Gasteiger partial charge on any atom is 0.270 e. The molecule has 1 fully saturated rings. The van der Waals surface area contributed by atoms with Crippen molar-refractivity contribution in [1.82, 2.24) is 5.32 Å². The van der Waals surface area contributed by atoms with Crippen LogP contribution in [0.5, 0.6) is 5.75 Å². The molecule has 0 radical (unpaired) electrons. The van der Waals surface area contributed by atoms with Crippen LogP contribution in [0.4, 0.5) is 5.69 Å². The number of amides is 2. The monoisotopic (exact) mass is 556 g/mol. The standard InChI is InChI=1S/C19H14BrIN2O3S/c1-10-7-12(20)4-5-15(10)23-18(25)13(17(24)22-19(23)27)8-11-3-6-16(26-2)14(21)9-11/h3-9H,1-2H3,(H,22,24,27)/b13-8+. The zero-order valence-electron chi connectivity index (χ0n) is 14.4. The van der Waals surface area contributed by atoms with E-state index in [1.54, 1.807) is 31.4 Å². The van der Waals surface area contributed by atoms with Crippen LogP contribution >= 0.6 is 50.7 Å². The topological polar surface area (TPSA) is 58.6 Å². The number of halogens is 2. The molecule has 0 aliphatic carbocycles. The number of carbonyl (C=O) groups excluding carboxylic acids is 2.